The van der Waals surface area contributed by atoms with Gasteiger partial charge in [0.1, 0.15) is 0 Å². The number of aliphatic hydroxyl groups is 1. The molecule has 2 rings (SSSR count). The summed E-state index contributed by atoms with van der Waals surface area (Å²) in [6.45, 7) is 6.30. The van der Waals surface area contributed by atoms with Crippen LogP contribution in [0.25, 0.3) is 0 Å². The molecule has 2 atom stereocenters. The molecule has 0 aromatic heterocycles. The Kier molecular flexibility index (Phi) is 4.19. The molecule has 0 spiro atoms. The van der Waals surface area contributed by atoms with Crippen molar-refractivity contribution in [1.82, 2.24) is 4.90 Å². The van der Waals surface area contributed by atoms with Crippen LogP contribution in [0, 0.1) is 0 Å². The third kappa shape index (κ3) is 3.08. The Bertz CT molecular complexity index is 346. The second-order valence-corrected chi connectivity index (χ2v) is 5.10. The van der Waals surface area contributed by atoms with E-state index in [0.29, 0.717) is 6.04 Å². The largest absolute Gasteiger partial charge is 0.387 e. The molecule has 1 fully saturated rings. The molecule has 0 aliphatic carbocycles. The average molecular weight is 233 g/mol. The number of benzene rings is 1. The quantitative estimate of drug-likeness (QED) is 0.864. The highest BCUT2D eigenvalue weighted by atomic mass is 16.3. The molecule has 2 unspecified atom stereocenters. The molecule has 1 aliphatic heterocycles. The predicted octanol–water partition coefficient (Wildman–Crippen LogP) is 2.77. The molecule has 2 heteroatoms. The highest BCUT2D eigenvalue weighted by molar-refractivity contribution is 5.24. The van der Waals surface area contributed by atoms with E-state index in [0.717, 1.165) is 25.1 Å². The van der Waals surface area contributed by atoms with Gasteiger partial charge in [0, 0.05) is 12.6 Å². The van der Waals surface area contributed by atoms with Crippen molar-refractivity contribution in [3.8, 4) is 0 Å². The first-order chi connectivity index (χ1) is 8.20. The summed E-state index contributed by atoms with van der Waals surface area (Å²) in [4.78, 5) is 2.39. The molecule has 1 aliphatic rings. The van der Waals surface area contributed by atoms with Crippen LogP contribution in [0.2, 0.25) is 0 Å². The van der Waals surface area contributed by atoms with E-state index in [-0.39, 0.29) is 6.10 Å². The number of aryl methyl sites for hydroxylation is 1. The minimum absolute atomic E-state index is 0.346. The van der Waals surface area contributed by atoms with Crippen LogP contribution in [0.4, 0.5) is 0 Å². The molecule has 17 heavy (non-hydrogen) atoms. The van der Waals surface area contributed by atoms with E-state index in [4.69, 9.17) is 0 Å². The number of nitrogens with zero attached hydrogens (tertiary/aromatic N) is 1. The van der Waals surface area contributed by atoms with Crippen molar-refractivity contribution < 1.29 is 5.11 Å². The van der Waals surface area contributed by atoms with Gasteiger partial charge in [0.05, 0.1) is 6.10 Å². The van der Waals surface area contributed by atoms with Gasteiger partial charge in [-0.3, -0.25) is 4.90 Å². The third-order valence-corrected chi connectivity index (χ3v) is 3.87. The molecule has 0 bridgehead atoms. The Hall–Kier alpha value is -0.860. The van der Waals surface area contributed by atoms with Crippen LogP contribution in [0.15, 0.2) is 24.3 Å². The summed E-state index contributed by atoms with van der Waals surface area (Å²) in [6.07, 6.45) is 3.24. The van der Waals surface area contributed by atoms with Gasteiger partial charge in [-0.05, 0) is 43.9 Å². The fourth-order valence-electron chi connectivity index (χ4n) is 2.57. The van der Waals surface area contributed by atoms with Gasteiger partial charge in [0.25, 0.3) is 0 Å². The van der Waals surface area contributed by atoms with Crippen molar-refractivity contribution in [1.29, 1.82) is 0 Å². The summed E-state index contributed by atoms with van der Waals surface area (Å²) in [5, 5.41) is 10.2. The van der Waals surface area contributed by atoms with Gasteiger partial charge in [-0.2, -0.15) is 0 Å². The van der Waals surface area contributed by atoms with E-state index in [1.54, 1.807) is 0 Å². The molecule has 1 saturated heterocycles. The number of hydrogen-bond acceptors (Lipinski definition) is 2. The SMILES string of the molecule is CCc1ccc(C(O)CN2CCCC2C)cc1. The van der Waals surface area contributed by atoms with Gasteiger partial charge < -0.3 is 5.11 Å². The van der Waals surface area contributed by atoms with Gasteiger partial charge in [-0.25, -0.2) is 0 Å². The zero-order chi connectivity index (χ0) is 12.3. The summed E-state index contributed by atoms with van der Waals surface area (Å²) in [5.74, 6) is 0. The normalized spacial score (nSPS) is 22.9. The first kappa shape index (κ1) is 12.6. The van der Waals surface area contributed by atoms with Crippen molar-refractivity contribution in [2.75, 3.05) is 13.1 Å². The highest BCUT2D eigenvalue weighted by Gasteiger charge is 2.22. The van der Waals surface area contributed by atoms with Crippen LogP contribution in [0.1, 0.15) is 43.9 Å². The van der Waals surface area contributed by atoms with E-state index in [2.05, 4.69) is 43.0 Å². The maximum absolute atomic E-state index is 10.2. The van der Waals surface area contributed by atoms with Crippen molar-refractivity contribution in [2.45, 2.75) is 45.3 Å². The van der Waals surface area contributed by atoms with Crippen molar-refractivity contribution in [3.05, 3.63) is 35.4 Å². The smallest absolute Gasteiger partial charge is 0.0917 e. The first-order valence-electron chi connectivity index (χ1n) is 6.71. The zero-order valence-electron chi connectivity index (χ0n) is 10.9. The summed E-state index contributed by atoms with van der Waals surface area (Å²) in [5.41, 5.74) is 2.37. The Morgan fingerprint density at radius 1 is 1.35 bits per heavy atom. The topological polar surface area (TPSA) is 23.5 Å². The van der Waals surface area contributed by atoms with Crippen LogP contribution in [0.5, 0.6) is 0 Å². The van der Waals surface area contributed by atoms with Gasteiger partial charge in [-0.15, -0.1) is 0 Å². The van der Waals surface area contributed by atoms with Crippen LogP contribution in [-0.2, 0) is 6.42 Å². The number of aliphatic hydroxyl groups excluding tert-OH is 1. The minimum Gasteiger partial charge on any atom is -0.387 e. The van der Waals surface area contributed by atoms with Crippen molar-refractivity contribution >= 4 is 0 Å². The monoisotopic (exact) mass is 233 g/mol. The van der Waals surface area contributed by atoms with E-state index < -0.39 is 0 Å². The van der Waals surface area contributed by atoms with Gasteiger partial charge in [-0.1, -0.05) is 31.2 Å². The summed E-state index contributed by atoms with van der Waals surface area (Å²) < 4.78 is 0. The lowest BCUT2D eigenvalue weighted by Crippen LogP contribution is -2.31. The van der Waals surface area contributed by atoms with Crippen molar-refractivity contribution in [3.63, 3.8) is 0 Å². The minimum atomic E-state index is -0.346. The van der Waals surface area contributed by atoms with E-state index in [9.17, 15) is 5.11 Å². The lowest BCUT2D eigenvalue weighted by Gasteiger charge is -2.24. The first-order valence-corrected chi connectivity index (χ1v) is 6.71. The van der Waals surface area contributed by atoms with Gasteiger partial charge in [0.15, 0.2) is 0 Å². The zero-order valence-corrected chi connectivity index (χ0v) is 10.9. The maximum atomic E-state index is 10.2. The Morgan fingerprint density at radius 2 is 2.06 bits per heavy atom. The fraction of sp³-hybridized carbons (Fsp3) is 0.600. The molecule has 1 aromatic rings. The van der Waals surface area contributed by atoms with Gasteiger partial charge >= 0.3 is 0 Å². The molecular formula is C15H23NO. The standard InChI is InChI=1S/C15H23NO/c1-3-13-6-8-14(9-7-13)15(17)11-16-10-4-5-12(16)2/h6-9,12,15,17H,3-5,10-11H2,1-2H3. The summed E-state index contributed by atoms with van der Waals surface area (Å²) in [7, 11) is 0. The number of rotatable bonds is 4. The van der Waals surface area contributed by atoms with Crippen LogP contribution < -0.4 is 0 Å². The molecule has 1 aromatic carbocycles. The lowest BCUT2D eigenvalue weighted by atomic mass is 10.1. The molecular weight excluding hydrogens is 210 g/mol. The summed E-state index contributed by atoms with van der Waals surface area (Å²) >= 11 is 0. The number of β-amino-alcohol motifs (C(OH)–C–C–N with tert-alkyl or cyclic N) is 1. The second kappa shape index (κ2) is 5.65. The molecule has 1 heterocycles. The lowest BCUT2D eigenvalue weighted by molar-refractivity contribution is 0.110. The fourth-order valence-corrected chi connectivity index (χ4v) is 2.57. The third-order valence-electron chi connectivity index (χ3n) is 3.87. The molecule has 0 saturated carbocycles. The molecule has 0 radical (unpaired) electrons. The van der Waals surface area contributed by atoms with Crippen LogP contribution >= 0.6 is 0 Å². The van der Waals surface area contributed by atoms with E-state index in [1.807, 2.05) is 0 Å². The van der Waals surface area contributed by atoms with Crippen LogP contribution in [-0.4, -0.2) is 29.1 Å². The molecule has 0 amide bonds. The molecule has 94 valence electrons. The Labute approximate surface area is 104 Å². The Balaban J connectivity index is 1.96. The van der Waals surface area contributed by atoms with Crippen molar-refractivity contribution in [2.24, 2.45) is 0 Å². The maximum Gasteiger partial charge on any atom is 0.0917 e. The Morgan fingerprint density at radius 3 is 2.59 bits per heavy atom. The van der Waals surface area contributed by atoms with E-state index >= 15 is 0 Å². The number of hydrogen-bond donors (Lipinski definition) is 1. The predicted molar refractivity (Wildman–Crippen MR) is 71.0 cm³/mol. The summed E-state index contributed by atoms with van der Waals surface area (Å²) in [6, 6.07) is 8.98. The van der Waals surface area contributed by atoms with Crippen LogP contribution in [0.3, 0.4) is 0 Å². The molecule has 2 nitrogen and oxygen atoms in total. The van der Waals surface area contributed by atoms with Gasteiger partial charge in [0.2, 0.25) is 0 Å². The van der Waals surface area contributed by atoms with E-state index in [1.165, 1.54) is 18.4 Å². The second-order valence-electron chi connectivity index (χ2n) is 5.10. The molecule has 1 N–H and O–H groups in total. The average Bonchev–Trinajstić information content (AvgIpc) is 2.75. The highest BCUT2D eigenvalue weighted by Crippen LogP contribution is 2.21. The number of likely N-dealkylation sites (tertiary alicyclic amines) is 1.